The first-order valence-corrected chi connectivity index (χ1v) is 12.9. The normalized spacial score (nSPS) is 22.4. The number of rotatable bonds is 7. The maximum Gasteiger partial charge on any atom is 0.225 e. The molecule has 1 saturated carbocycles. The van der Waals surface area contributed by atoms with Crippen molar-refractivity contribution in [3.05, 3.63) is 51.8 Å². The average molecular weight is 498 g/mol. The molecule has 34 heavy (non-hydrogen) atoms. The highest BCUT2D eigenvalue weighted by Gasteiger charge is 2.41. The predicted octanol–water partition coefficient (Wildman–Crippen LogP) is 3.56. The number of hydrogen-bond acceptors (Lipinski definition) is 10. The number of anilines is 2. The molecule has 0 aliphatic heterocycles. The van der Waals surface area contributed by atoms with Crippen molar-refractivity contribution >= 4 is 44.7 Å². The second-order valence-corrected chi connectivity index (χ2v) is 10.7. The van der Waals surface area contributed by atoms with E-state index in [0.717, 1.165) is 26.5 Å². The topological polar surface area (TPSA) is 123 Å². The molecule has 0 spiro atoms. The lowest BCUT2D eigenvalue weighted by molar-refractivity contribution is 0.00446. The van der Waals surface area contributed by atoms with E-state index in [-0.39, 0.29) is 12.5 Å². The van der Waals surface area contributed by atoms with E-state index < -0.39 is 18.2 Å². The highest BCUT2D eigenvalue weighted by molar-refractivity contribution is 7.21. The number of thiazole rings is 1. The lowest BCUT2D eigenvalue weighted by Crippen LogP contribution is -2.35. The minimum absolute atomic E-state index is 0.184. The van der Waals surface area contributed by atoms with Crippen molar-refractivity contribution in [1.82, 2.24) is 15.0 Å². The Morgan fingerprint density at radius 2 is 1.91 bits per heavy atom. The van der Waals surface area contributed by atoms with Gasteiger partial charge in [0, 0.05) is 17.4 Å². The quantitative estimate of drug-likeness (QED) is 0.263. The van der Waals surface area contributed by atoms with Crippen LogP contribution in [-0.4, -0.2) is 55.1 Å². The van der Waals surface area contributed by atoms with Gasteiger partial charge in [0.15, 0.2) is 0 Å². The second kappa shape index (κ2) is 9.55. The third kappa shape index (κ3) is 4.51. The molecule has 178 valence electrons. The highest BCUT2D eigenvalue weighted by atomic mass is 32.1. The Balaban J connectivity index is 1.51. The molecule has 0 unspecified atom stereocenters. The number of benzene rings is 1. The van der Waals surface area contributed by atoms with E-state index in [1.165, 1.54) is 10.4 Å². The van der Waals surface area contributed by atoms with Crippen molar-refractivity contribution in [1.29, 1.82) is 0 Å². The predicted molar refractivity (Wildman–Crippen MR) is 136 cm³/mol. The van der Waals surface area contributed by atoms with E-state index >= 15 is 0 Å². The second-order valence-electron chi connectivity index (χ2n) is 8.70. The average Bonchev–Trinajstić information content (AvgIpc) is 3.51. The first-order valence-electron chi connectivity index (χ1n) is 11.2. The third-order valence-corrected chi connectivity index (χ3v) is 8.27. The van der Waals surface area contributed by atoms with E-state index in [0.29, 0.717) is 24.7 Å². The summed E-state index contributed by atoms with van der Waals surface area (Å²) in [6.07, 6.45) is -1.57. The molecule has 4 atom stereocenters. The molecule has 5 rings (SSSR count). The monoisotopic (exact) mass is 497 g/mol. The van der Waals surface area contributed by atoms with E-state index in [1.807, 2.05) is 31.2 Å². The largest absolute Gasteiger partial charge is 0.396 e. The van der Waals surface area contributed by atoms with Crippen molar-refractivity contribution < 1.29 is 15.3 Å². The Labute approximate surface area is 205 Å². The first kappa shape index (κ1) is 23.1. The summed E-state index contributed by atoms with van der Waals surface area (Å²) in [5.41, 5.74) is 3.65. The van der Waals surface area contributed by atoms with Crippen LogP contribution in [0.4, 0.5) is 11.8 Å². The Bertz CT molecular complexity index is 1270. The van der Waals surface area contributed by atoms with E-state index in [2.05, 4.69) is 29.0 Å². The van der Waals surface area contributed by atoms with E-state index in [4.69, 9.17) is 15.0 Å². The van der Waals surface area contributed by atoms with Gasteiger partial charge < -0.3 is 26.0 Å². The minimum Gasteiger partial charge on any atom is -0.396 e. The van der Waals surface area contributed by atoms with Crippen LogP contribution in [0.25, 0.3) is 20.8 Å². The standard InChI is InChI=1S/C24H27N5O3S2/c1-12-7-15(33-11-12)9-25-24-26-13(2)19(23-28-16-5-3-4-6-18(16)34-23)22(29-24)27-17-8-14(10-30)20(31)21(17)32/h3-7,11,14,17,20-21,30-32H,8-10H2,1-2H3,(H2,25,26,27,29)/t14-,17-,20-,21+/m1/s1. The van der Waals surface area contributed by atoms with Gasteiger partial charge in [0.2, 0.25) is 5.95 Å². The van der Waals surface area contributed by atoms with Gasteiger partial charge in [0.1, 0.15) is 16.9 Å². The van der Waals surface area contributed by atoms with Crippen LogP contribution in [0.2, 0.25) is 0 Å². The summed E-state index contributed by atoms with van der Waals surface area (Å²) in [6.45, 7) is 4.41. The number of nitrogens with zero attached hydrogens (tertiary/aromatic N) is 3. The van der Waals surface area contributed by atoms with Crippen LogP contribution in [0, 0.1) is 19.8 Å². The summed E-state index contributed by atoms with van der Waals surface area (Å²) >= 11 is 3.24. The van der Waals surface area contributed by atoms with Crippen LogP contribution in [0.3, 0.4) is 0 Å². The Hall–Kier alpha value is -2.63. The molecule has 1 fully saturated rings. The lowest BCUT2D eigenvalue weighted by atomic mass is 10.1. The van der Waals surface area contributed by atoms with Gasteiger partial charge in [0.05, 0.1) is 40.2 Å². The SMILES string of the molecule is Cc1csc(CNc2nc(C)c(-c3nc4ccccc4s3)c(N[C@@H]3C[C@H](CO)[C@@H](O)[C@H]3O)n2)c1. The molecule has 5 N–H and O–H groups in total. The number of aryl methyl sites for hydroxylation is 2. The van der Waals surface area contributed by atoms with Gasteiger partial charge in [-0.2, -0.15) is 4.98 Å². The molecule has 3 aromatic heterocycles. The summed E-state index contributed by atoms with van der Waals surface area (Å²) in [5, 5.41) is 40.0. The van der Waals surface area contributed by atoms with Crippen molar-refractivity contribution in [3.8, 4) is 10.6 Å². The number of para-hydroxylation sites is 1. The van der Waals surface area contributed by atoms with Crippen LogP contribution < -0.4 is 10.6 Å². The van der Waals surface area contributed by atoms with Gasteiger partial charge in [-0.1, -0.05) is 12.1 Å². The molecule has 0 saturated heterocycles. The highest BCUT2D eigenvalue weighted by Crippen LogP contribution is 2.38. The number of aromatic nitrogens is 3. The van der Waals surface area contributed by atoms with Gasteiger partial charge in [-0.25, -0.2) is 9.97 Å². The summed E-state index contributed by atoms with van der Waals surface area (Å²) < 4.78 is 1.06. The fourth-order valence-electron chi connectivity index (χ4n) is 4.37. The van der Waals surface area contributed by atoms with Gasteiger partial charge in [-0.3, -0.25) is 0 Å². The van der Waals surface area contributed by atoms with Crippen LogP contribution in [-0.2, 0) is 6.54 Å². The van der Waals surface area contributed by atoms with Crippen LogP contribution >= 0.6 is 22.7 Å². The summed E-state index contributed by atoms with van der Waals surface area (Å²) in [5.74, 6) is 0.634. The number of thiophene rings is 1. The van der Waals surface area contributed by atoms with Gasteiger partial charge in [-0.15, -0.1) is 22.7 Å². The Morgan fingerprint density at radius 3 is 2.62 bits per heavy atom. The van der Waals surface area contributed by atoms with Gasteiger partial charge in [-0.05, 0) is 49.4 Å². The molecule has 0 bridgehead atoms. The molecule has 0 amide bonds. The van der Waals surface area contributed by atoms with Crippen molar-refractivity contribution in [2.75, 3.05) is 17.2 Å². The number of hydrogen-bond donors (Lipinski definition) is 5. The van der Waals surface area contributed by atoms with Crippen LogP contribution in [0.5, 0.6) is 0 Å². The van der Waals surface area contributed by atoms with Gasteiger partial charge in [0.25, 0.3) is 0 Å². The zero-order valence-corrected chi connectivity index (χ0v) is 20.5. The first-order chi connectivity index (χ1) is 16.4. The maximum absolute atomic E-state index is 10.6. The van der Waals surface area contributed by atoms with Gasteiger partial charge >= 0.3 is 0 Å². The molecule has 10 heteroatoms. The number of aliphatic hydroxyl groups is 3. The van der Waals surface area contributed by atoms with Crippen molar-refractivity contribution in [2.24, 2.45) is 5.92 Å². The number of nitrogens with one attached hydrogen (secondary N) is 2. The minimum atomic E-state index is -1.01. The van der Waals surface area contributed by atoms with E-state index in [1.54, 1.807) is 22.7 Å². The smallest absolute Gasteiger partial charge is 0.225 e. The zero-order chi connectivity index (χ0) is 23.8. The van der Waals surface area contributed by atoms with Crippen LogP contribution in [0.15, 0.2) is 35.7 Å². The zero-order valence-electron chi connectivity index (χ0n) is 18.9. The fraction of sp³-hybridized carbons (Fsp3) is 0.375. The fourth-order valence-corrected chi connectivity index (χ4v) is 6.24. The van der Waals surface area contributed by atoms with Crippen molar-refractivity contribution in [2.45, 2.75) is 45.1 Å². The number of fused-ring (bicyclic) bond motifs is 1. The molecule has 1 aliphatic carbocycles. The van der Waals surface area contributed by atoms with Crippen LogP contribution in [0.1, 0.15) is 22.6 Å². The summed E-state index contributed by atoms with van der Waals surface area (Å²) in [4.78, 5) is 15.4. The number of aliphatic hydroxyl groups excluding tert-OH is 3. The molecule has 3 heterocycles. The Kier molecular flexibility index (Phi) is 6.50. The molecular formula is C24H27N5O3S2. The Morgan fingerprint density at radius 1 is 1.09 bits per heavy atom. The molecule has 1 aromatic carbocycles. The maximum atomic E-state index is 10.6. The lowest BCUT2D eigenvalue weighted by Gasteiger charge is -2.21. The van der Waals surface area contributed by atoms with E-state index in [9.17, 15) is 15.3 Å². The molecule has 8 nitrogen and oxygen atoms in total. The summed E-state index contributed by atoms with van der Waals surface area (Å²) in [6, 6.07) is 9.62. The van der Waals surface area contributed by atoms with Crippen molar-refractivity contribution in [3.63, 3.8) is 0 Å². The molecular weight excluding hydrogens is 470 g/mol. The summed E-state index contributed by atoms with van der Waals surface area (Å²) in [7, 11) is 0. The molecule has 1 aliphatic rings. The molecule has 4 aromatic rings. The third-order valence-electron chi connectivity index (χ3n) is 6.16. The molecule has 0 radical (unpaired) electrons.